The summed E-state index contributed by atoms with van der Waals surface area (Å²) in [5, 5.41) is 9.52. The van der Waals surface area contributed by atoms with Gasteiger partial charge in [-0.2, -0.15) is 0 Å². The van der Waals surface area contributed by atoms with Crippen molar-refractivity contribution in [2.45, 2.75) is 19.3 Å². The first-order chi connectivity index (χ1) is 11.4. The van der Waals surface area contributed by atoms with Crippen molar-refractivity contribution in [2.75, 3.05) is 13.1 Å². The number of nitrogens with one attached hydrogen (secondary N) is 1. The van der Waals surface area contributed by atoms with Crippen LogP contribution in [-0.4, -0.2) is 40.0 Å². The molecule has 5 nitrogen and oxygen atoms in total. The van der Waals surface area contributed by atoms with E-state index in [1.165, 1.54) is 6.07 Å². The summed E-state index contributed by atoms with van der Waals surface area (Å²) in [6, 6.07) is 4.65. The van der Waals surface area contributed by atoms with E-state index in [0.29, 0.717) is 34.2 Å². The standard InChI is InChI=1S/C17H16BrFN2O3/c18-9-5-12(19)10-7-14(20-13(10)6-9)15(22)21-3-1-17(2-4-21)8-11(17)16(23)24/h5-7,11,20H,1-4,8H2,(H,23,24). The lowest BCUT2D eigenvalue weighted by Crippen LogP contribution is -2.40. The second-order valence-corrected chi connectivity index (χ2v) is 7.70. The summed E-state index contributed by atoms with van der Waals surface area (Å²) in [7, 11) is 0. The Morgan fingerprint density at radius 2 is 2.00 bits per heavy atom. The number of fused-ring (bicyclic) bond motifs is 1. The van der Waals surface area contributed by atoms with Gasteiger partial charge in [0.1, 0.15) is 11.5 Å². The lowest BCUT2D eigenvalue weighted by Gasteiger charge is -2.32. The zero-order chi connectivity index (χ0) is 17.1. The molecule has 1 atom stereocenters. The molecule has 24 heavy (non-hydrogen) atoms. The highest BCUT2D eigenvalue weighted by molar-refractivity contribution is 9.10. The van der Waals surface area contributed by atoms with Crippen LogP contribution in [0.25, 0.3) is 10.9 Å². The van der Waals surface area contributed by atoms with Crippen molar-refractivity contribution < 1.29 is 19.1 Å². The van der Waals surface area contributed by atoms with E-state index in [9.17, 15) is 14.0 Å². The van der Waals surface area contributed by atoms with E-state index >= 15 is 0 Å². The average Bonchev–Trinajstić information content (AvgIpc) is 3.06. The van der Waals surface area contributed by atoms with Crippen molar-refractivity contribution in [2.24, 2.45) is 11.3 Å². The molecule has 2 aromatic rings. The summed E-state index contributed by atoms with van der Waals surface area (Å²) in [6.07, 6.45) is 2.15. The van der Waals surface area contributed by atoms with Crippen LogP contribution in [0, 0.1) is 17.2 Å². The number of hydrogen-bond acceptors (Lipinski definition) is 2. The third-order valence-corrected chi connectivity index (χ3v) is 5.87. The second-order valence-electron chi connectivity index (χ2n) is 6.78. The molecule has 1 aromatic carbocycles. The monoisotopic (exact) mass is 394 g/mol. The number of aromatic nitrogens is 1. The highest BCUT2D eigenvalue weighted by Gasteiger charge is 2.59. The van der Waals surface area contributed by atoms with Gasteiger partial charge in [-0.15, -0.1) is 0 Å². The third-order valence-electron chi connectivity index (χ3n) is 5.42. The van der Waals surface area contributed by atoms with Gasteiger partial charge in [0.25, 0.3) is 5.91 Å². The molecule has 1 aromatic heterocycles. The van der Waals surface area contributed by atoms with Crippen molar-refractivity contribution >= 4 is 38.7 Å². The van der Waals surface area contributed by atoms with Crippen LogP contribution in [0.3, 0.4) is 0 Å². The number of carboxylic acid groups (broad SMARTS) is 1. The first-order valence-corrected chi connectivity index (χ1v) is 8.69. The Morgan fingerprint density at radius 3 is 2.62 bits per heavy atom. The molecule has 2 heterocycles. The van der Waals surface area contributed by atoms with E-state index in [1.807, 2.05) is 0 Å². The average molecular weight is 395 g/mol. The van der Waals surface area contributed by atoms with Crippen molar-refractivity contribution in [3.8, 4) is 0 Å². The predicted molar refractivity (Wildman–Crippen MR) is 89.3 cm³/mol. The van der Waals surface area contributed by atoms with Gasteiger partial charge in [-0.1, -0.05) is 15.9 Å². The lowest BCUT2D eigenvalue weighted by atomic mass is 9.90. The largest absolute Gasteiger partial charge is 0.481 e. The lowest BCUT2D eigenvalue weighted by molar-refractivity contribution is -0.139. The van der Waals surface area contributed by atoms with E-state index in [2.05, 4.69) is 20.9 Å². The number of benzene rings is 1. The topological polar surface area (TPSA) is 73.4 Å². The van der Waals surface area contributed by atoms with Crippen LogP contribution in [0.2, 0.25) is 0 Å². The molecule has 0 bridgehead atoms. The van der Waals surface area contributed by atoms with Crippen LogP contribution < -0.4 is 0 Å². The SMILES string of the molecule is O=C(O)C1CC12CCN(C(=O)c1cc3c(F)cc(Br)cc3[nH]1)CC2. The molecule has 1 unspecified atom stereocenters. The maximum absolute atomic E-state index is 14.0. The first kappa shape index (κ1) is 15.6. The number of piperidine rings is 1. The molecule has 7 heteroatoms. The van der Waals surface area contributed by atoms with E-state index < -0.39 is 5.97 Å². The summed E-state index contributed by atoms with van der Waals surface area (Å²) in [5.41, 5.74) is 0.829. The molecule has 0 radical (unpaired) electrons. The summed E-state index contributed by atoms with van der Waals surface area (Å²) < 4.78 is 14.6. The van der Waals surface area contributed by atoms with Crippen LogP contribution in [0.15, 0.2) is 22.7 Å². The highest BCUT2D eigenvalue weighted by atomic mass is 79.9. The Morgan fingerprint density at radius 1 is 1.29 bits per heavy atom. The van der Waals surface area contributed by atoms with Crippen LogP contribution in [0.1, 0.15) is 29.8 Å². The molecule has 1 aliphatic heterocycles. The Hall–Kier alpha value is -1.89. The van der Waals surface area contributed by atoms with Crippen LogP contribution in [0.4, 0.5) is 4.39 Å². The Bertz CT molecular complexity index is 855. The molecular formula is C17H16BrFN2O3. The minimum absolute atomic E-state index is 0.111. The minimum Gasteiger partial charge on any atom is -0.481 e. The number of amides is 1. The van der Waals surface area contributed by atoms with Crippen LogP contribution >= 0.6 is 15.9 Å². The van der Waals surface area contributed by atoms with Gasteiger partial charge in [-0.25, -0.2) is 4.39 Å². The van der Waals surface area contributed by atoms with Crippen molar-refractivity contribution in [1.82, 2.24) is 9.88 Å². The molecule has 2 N–H and O–H groups in total. The zero-order valence-corrected chi connectivity index (χ0v) is 14.4. The normalized spacial score (nSPS) is 22.1. The van der Waals surface area contributed by atoms with Crippen molar-refractivity contribution in [3.63, 3.8) is 0 Å². The Balaban J connectivity index is 1.51. The number of halogens is 2. The molecule has 2 fully saturated rings. The molecule has 1 spiro atoms. The first-order valence-electron chi connectivity index (χ1n) is 7.89. The highest BCUT2D eigenvalue weighted by Crippen LogP contribution is 2.59. The van der Waals surface area contributed by atoms with E-state index in [0.717, 1.165) is 19.3 Å². The number of rotatable bonds is 2. The van der Waals surface area contributed by atoms with Gasteiger partial charge in [0.05, 0.1) is 11.4 Å². The fourth-order valence-corrected chi connectivity index (χ4v) is 4.28. The van der Waals surface area contributed by atoms with Gasteiger partial charge < -0.3 is 15.0 Å². The van der Waals surface area contributed by atoms with Gasteiger partial charge in [-0.3, -0.25) is 9.59 Å². The second kappa shape index (κ2) is 5.31. The minimum atomic E-state index is -0.730. The zero-order valence-electron chi connectivity index (χ0n) is 12.8. The Kier molecular flexibility index (Phi) is 3.46. The number of aliphatic carboxylic acids is 1. The van der Waals surface area contributed by atoms with Crippen molar-refractivity contribution in [3.05, 3.63) is 34.2 Å². The third kappa shape index (κ3) is 2.42. The molecule has 126 valence electrons. The van der Waals surface area contributed by atoms with E-state index in [4.69, 9.17) is 5.11 Å². The number of H-pyrrole nitrogens is 1. The molecule has 1 aliphatic carbocycles. The maximum atomic E-state index is 14.0. The number of carboxylic acids is 1. The fraction of sp³-hybridized carbons (Fsp3) is 0.412. The summed E-state index contributed by atoms with van der Waals surface area (Å²) >= 11 is 3.24. The predicted octanol–water partition coefficient (Wildman–Crippen LogP) is 3.40. The van der Waals surface area contributed by atoms with E-state index in [1.54, 1.807) is 17.0 Å². The van der Waals surface area contributed by atoms with Gasteiger partial charge in [0.15, 0.2) is 0 Å². The van der Waals surface area contributed by atoms with Crippen LogP contribution in [-0.2, 0) is 4.79 Å². The molecule has 1 saturated heterocycles. The maximum Gasteiger partial charge on any atom is 0.307 e. The van der Waals surface area contributed by atoms with Gasteiger partial charge in [0.2, 0.25) is 0 Å². The summed E-state index contributed by atoms with van der Waals surface area (Å²) in [5.74, 6) is -1.53. The van der Waals surface area contributed by atoms with Gasteiger partial charge in [0, 0.05) is 22.9 Å². The number of carbonyl (C=O) groups excluding carboxylic acids is 1. The number of nitrogens with zero attached hydrogens (tertiary/aromatic N) is 1. The number of carbonyl (C=O) groups is 2. The summed E-state index contributed by atoms with van der Waals surface area (Å²) in [4.78, 5) is 28.5. The van der Waals surface area contributed by atoms with E-state index in [-0.39, 0.29) is 23.1 Å². The fourth-order valence-electron chi connectivity index (χ4n) is 3.85. The number of likely N-dealkylation sites (tertiary alicyclic amines) is 1. The van der Waals surface area contributed by atoms with Crippen LogP contribution in [0.5, 0.6) is 0 Å². The van der Waals surface area contributed by atoms with Gasteiger partial charge in [-0.05, 0) is 42.9 Å². The molecule has 1 amide bonds. The molecular weight excluding hydrogens is 379 g/mol. The summed E-state index contributed by atoms with van der Waals surface area (Å²) in [6.45, 7) is 1.09. The van der Waals surface area contributed by atoms with Crippen molar-refractivity contribution in [1.29, 1.82) is 0 Å². The number of aromatic amines is 1. The Labute approximate surface area is 146 Å². The number of hydrogen-bond donors (Lipinski definition) is 2. The molecule has 1 saturated carbocycles. The molecule has 4 rings (SSSR count). The quantitative estimate of drug-likeness (QED) is 0.819. The smallest absolute Gasteiger partial charge is 0.307 e. The molecule has 2 aliphatic rings. The van der Waals surface area contributed by atoms with Gasteiger partial charge >= 0.3 is 5.97 Å².